The zero-order valence-corrected chi connectivity index (χ0v) is 25.8. The van der Waals surface area contributed by atoms with E-state index in [0.717, 1.165) is 11.1 Å². The molecule has 2 aliphatic heterocycles. The molecule has 3 atom stereocenters. The van der Waals surface area contributed by atoms with Gasteiger partial charge in [-0.3, -0.25) is 24.0 Å². The molecule has 0 saturated heterocycles. The van der Waals surface area contributed by atoms with Crippen LogP contribution in [0.1, 0.15) is 67.9 Å². The summed E-state index contributed by atoms with van der Waals surface area (Å²) in [5.74, 6) is -1.95. The first-order chi connectivity index (χ1) is 21.1. The number of aliphatic hydroxyl groups is 1. The van der Waals surface area contributed by atoms with E-state index in [9.17, 15) is 29.1 Å². The van der Waals surface area contributed by atoms with Crippen LogP contribution in [0.5, 0.6) is 0 Å². The Kier molecular flexibility index (Phi) is 13.3. The second-order valence-corrected chi connectivity index (χ2v) is 11.6. The van der Waals surface area contributed by atoms with E-state index in [1.54, 1.807) is 36.1 Å². The Morgan fingerprint density at radius 1 is 0.886 bits per heavy atom. The molecule has 0 aliphatic carbocycles. The molecule has 2 bridgehead atoms. The highest BCUT2D eigenvalue weighted by molar-refractivity contribution is 5.99. The maximum Gasteiger partial charge on any atom is 0.251 e. The molecule has 11 nitrogen and oxygen atoms in total. The minimum absolute atomic E-state index is 0.00287. The first-order valence-corrected chi connectivity index (χ1v) is 15.3. The van der Waals surface area contributed by atoms with Crippen LogP contribution >= 0.6 is 0 Å². The Morgan fingerprint density at radius 2 is 1.57 bits per heavy atom. The van der Waals surface area contributed by atoms with Crippen LogP contribution < -0.4 is 21.3 Å². The van der Waals surface area contributed by atoms with Crippen molar-refractivity contribution in [1.29, 1.82) is 0 Å². The van der Waals surface area contributed by atoms with Gasteiger partial charge in [0.2, 0.25) is 23.6 Å². The maximum absolute atomic E-state index is 13.6. The maximum atomic E-state index is 13.6. The predicted octanol–water partition coefficient (Wildman–Crippen LogP) is 1.68. The van der Waals surface area contributed by atoms with Gasteiger partial charge in [-0.1, -0.05) is 56.3 Å². The lowest BCUT2D eigenvalue weighted by atomic mass is 10.0. The fraction of sp³-hybridized carbons (Fsp3) is 0.485. The second kappa shape index (κ2) is 17.1. The SMILES string of the molecule is CC(C)C[C@@H]1NC(=O)[C@@H](Cc2ccccc2)NC(=O)c2ccc(cc2)CN(C(=O)CCO)CCCCNC(=O)[C@@H](C)NC1=O. The summed E-state index contributed by atoms with van der Waals surface area (Å²) in [4.78, 5) is 67.3. The lowest BCUT2D eigenvalue weighted by molar-refractivity contribution is -0.133. The molecule has 2 aromatic carbocycles. The highest BCUT2D eigenvalue weighted by Gasteiger charge is 2.29. The lowest BCUT2D eigenvalue weighted by Crippen LogP contribution is -2.57. The molecule has 238 valence electrons. The number of amides is 5. The third-order valence-corrected chi connectivity index (χ3v) is 7.42. The van der Waals surface area contributed by atoms with E-state index in [2.05, 4.69) is 21.3 Å². The van der Waals surface area contributed by atoms with Crippen LogP contribution in [0.25, 0.3) is 0 Å². The Hall–Kier alpha value is -4.25. The summed E-state index contributed by atoms with van der Waals surface area (Å²) in [7, 11) is 0. The van der Waals surface area contributed by atoms with Gasteiger partial charge < -0.3 is 31.3 Å². The van der Waals surface area contributed by atoms with E-state index in [-0.39, 0.29) is 37.2 Å². The number of hydrogen-bond donors (Lipinski definition) is 5. The smallest absolute Gasteiger partial charge is 0.251 e. The summed E-state index contributed by atoms with van der Waals surface area (Å²) in [6.45, 7) is 6.26. The monoisotopic (exact) mass is 607 g/mol. The predicted molar refractivity (Wildman–Crippen MR) is 166 cm³/mol. The fourth-order valence-corrected chi connectivity index (χ4v) is 4.98. The van der Waals surface area contributed by atoms with E-state index in [1.807, 2.05) is 44.2 Å². The summed E-state index contributed by atoms with van der Waals surface area (Å²) in [6.07, 6.45) is 1.75. The number of nitrogens with zero attached hydrogens (tertiary/aromatic N) is 1. The lowest BCUT2D eigenvalue weighted by Gasteiger charge is -2.25. The highest BCUT2D eigenvalue weighted by atomic mass is 16.3. The van der Waals surface area contributed by atoms with E-state index in [0.29, 0.717) is 44.5 Å². The number of carbonyl (C=O) groups excluding carboxylic acids is 5. The van der Waals surface area contributed by atoms with E-state index in [1.165, 1.54) is 0 Å². The summed E-state index contributed by atoms with van der Waals surface area (Å²) in [5, 5.41) is 20.5. The molecular formula is C33H45N5O6. The molecule has 2 heterocycles. The summed E-state index contributed by atoms with van der Waals surface area (Å²) in [5.41, 5.74) is 1.98. The number of carbonyl (C=O) groups is 5. The summed E-state index contributed by atoms with van der Waals surface area (Å²) in [6, 6.07) is 13.3. The van der Waals surface area contributed by atoms with E-state index >= 15 is 0 Å². The Bertz CT molecular complexity index is 1270. The molecule has 44 heavy (non-hydrogen) atoms. The number of nitrogens with one attached hydrogen (secondary N) is 4. The first-order valence-electron chi connectivity index (χ1n) is 15.3. The van der Waals surface area contributed by atoms with Gasteiger partial charge in [0.15, 0.2) is 0 Å². The van der Waals surface area contributed by atoms with Gasteiger partial charge in [0.25, 0.3) is 5.91 Å². The minimum Gasteiger partial charge on any atom is -0.396 e. The van der Waals surface area contributed by atoms with Crippen molar-refractivity contribution in [1.82, 2.24) is 26.2 Å². The molecule has 5 N–H and O–H groups in total. The summed E-state index contributed by atoms with van der Waals surface area (Å²) >= 11 is 0. The van der Waals surface area contributed by atoms with Gasteiger partial charge in [-0.15, -0.1) is 0 Å². The van der Waals surface area contributed by atoms with Crippen molar-refractivity contribution in [2.75, 3.05) is 19.7 Å². The average Bonchev–Trinajstić information content (AvgIpc) is 2.99. The molecule has 0 fully saturated rings. The fourth-order valence-electron chi connectivity index (χ4n) is 4.98. The molecule has 0 spiro atoms. The van der Waals surface area contributed by atoms with Gasteiger partial charge in [-0.25, -0.2) is 0 Å². The summed E-state index contributed by atoms with van der Waals surface area (Å²) < 4.78 is 0. The number of hydrogen-bond acceptors (Lipinski definition) is 6. The minimum atomic E-state index is -0.978. The van der Waals surface area contributed by atoms with E-state index in [4.69, 9.17) is 0 Å². The van der Waals surface area contributed by atoms with Crippen molar-refractivity contribution >= 4 is 29.5 Å². The van der Waals surface area contributed by atoms with Crippen LogP contribution in [0.2, 0.25) is 0 Å². The van der Waals surface area contributed by atoms with Crippen LogP contribution in [0.15, 0.2) is 54.6 Å². The van der Waals surface area contributed by atoms with Crippen LogP contribution in [0.4, 0.5) is 0 Å². The molecule has 2 aromatic rings. The van der Waals surface area contributed by atoms with Gasteiger partial charge in [0, 0.05) is 38.0 Å². The molecule has 4 rings (SSSR count). The van der Waals surface area contributed by atoms with Gasteiger partial charge in [-0.2, -0.15) is 0 Å². The molecule has 5 amide bonds. The van der Waals surface area contributed by atoms with Crippen molar-refractivity contribution in [3.8, 4) is 0 Å². The third-order valence-electron chi connectivity index (χ3n) is 7.42. The van der Waals surface area contributed by atoms with Crippen LogP contribution in [0.3, 0.4) is 0 Å². The van der Waals surface area contributed by atoms with Crippen LogP contribution in [-0.4, -0.2) is 77.4 Å². The Labute approximate surface area is 259 Å². The molecular weight excluding hydrogens is 562 g/mol. The van der Waals surface area contributed by atoms with Crippen molar-refractivity contribution < 1.29 is 29.1 Å². The zero-order valence-electron chi connectivity index (χ0n) is 25.8. The largest absolute Gasteiger partial charge is 0.396 e. The standard InChI is InChI=1S/C33H45N5O6/c1-22(2)19-27-32(43)35-23(3)30(41)34-16-7-8-17-38(29(40)15-18-39)21-25-11-13-26(14-12-25)31(42)36-28(33(44)37-27)20-24-9-5-4-6-10-24/h4-6,9-14,22-23,27-28,39H,7-8,15-21H2,1-3H3,(H,34,41)(H,35,43)(H,36,42)(H,37,44)/t23-,27+,28-/m1/s1. The van der Waals surface area contributed by atoms with Gasteiger partial charge in [-0.05, 0) is 55.4 Å². The third kappa shape index (κ3) is 10.8. The molecule has 0 aromatic heterocycles. The van der Waals surface area contributed by atoms with Gasteiger partial charge in [0.05, 0.1) is 6.61 Å². The van der Waals surface area contributed by atoms with Gasteiger partial charge in [0.1, 0.15) is 18.1 Å². The van der Waals surface area contributed by atoms with Crippen molar-refractivity contribution in [3.05, 3.63) is 71.3 Å². The molecule has 2 aliphatic rings. The Morgan fingerprint density at radius 3 is 2.23 bits per heavy atom. The second-order valence-electron chi connectivity index (χ2n) is 11.6. The molecule has 0 saturated carbocycles. The van der Waals surface area contributed by atoms with Crippen molar-refractivity contribution in [2.24, 2.45) is 5.92 Å². The van der Waals surface area contributed by atoms with Crippen LogP contribution in [0, 0.1) is 5.92 Å². The van der Waals surface area contributed by atoms with Crippen LogP contribution in [-0.2, 0) is 32.1 Å². The molecule has 11 heteroatoms. The van der Waals surface area contributed by atoms with Crippen molar-refractivity contribution in [3.63, 3.8) is 0 Å². The number of fused-ring (bicyclic) bond motifs is 18. The normalized spacial score (nSPS) is 21.1. The highest BCUT2D eigenvalue weighted by Crippen LogP contribution is 2.13. The quantitative estimate of drug-likeness (QED) is 0.315. The molecule has 0 unspecified atom stereocenters. The average molecular weight is 608 g/mol. The zero-order chi connectivity index (χ0) is 32.1. The topological polar surface area (TPSA) is 157 Å². The first kappa shape index (κ1) is 34.2. The van der Waals surface area contributed by atoms with Gasteiger partial charge >= 0.3 is 0 Å². The number of benzene rings is 2. The molecule has 0 radical (unpaired) electrons. The van der Waals surface area contributed by atoms with E-state index < -0.39 is 35.8 Å². The number of rotatable bonds is 6. The van der Waals surface area contributed by atoms with Crippen molar-refractivity contribution in [2.45, 2.75) is 77.5 Å². The Balaban J connectivity index is 1.91. The number of aliphatic hydroxyl groups excluding tert-OH is 1.